The Morgan fingerprint density at radius 2 is 2.06 bits per heavy atom. The zero-order valence-corrected chi connectivity index (χ0v) is 14.3. The molecule has 6 heteroatoms. The summed E-state index contributed by atoms with van der Waals surface area (Å²) in [5.41, 5.74) is 1.02. The molecule has 96 valence electrons. The molecule has 0 saturated carbocycles. The van der Waals surface area contributed by atoms with Crippen LogP contribution in [0.25, 0.3) is 10.9 Å². The van der Waals surface area contributed by atoms with E-state index < -0.39 is 18.4 Å². The van der Waals surface area contributed by atoms with Gasteiger partial charge < -0.3 is 0 Å². The Labute approximate surface area is 110 Å². The number of pyridine rings is 1. The fourth-order valence-electron chi connectivity index (χ4n) is 1.96. The molecule has 0 radical (unpaired) electrons. The molecule has 0 atom stereocenters. The summed E-state index contributed by atoms with van der Waals surface area (Å²) in [7, 11) is 1.93. The van der Waals surface area contributed by atoms with Crippen LogP contribution >= 0.6 is 0 Å². The Balaban J connectivity index is 2.63. The predicted molar refractivity (Wildman–Crippen MR) is 75.8 cm³/mol. The zero-order valence-electron chi connectivity index (χ0n) is 11.4. The van der Waals surface area contributed by atoms with Crippen molar-refractivity contribution >= 4 is 44.7 Å². The quantitative estimate of drug-likeness (QED) is 0.832. The van der Waals surface area contributed by atoms with Gasteiger partial charge in [0, 0.05) is 0 Å². The fraction of sp³-hybridized carbons (Fsp3) is 0.417. The molecule has 0 fully saturated rings. The summed E-state index contributed by atoms with van der Waals surface area (Å²) in [6.45, 7) is 1.49. The van der Waals surface area contributed by atoms with E-state index in [-0.39, 0.29) is 5.91 Å². The Morgan fingerprint density at radius 3 is 2.61 bits per heavy atom. The maximum absolute atomic E-state index is 11.1. The van der Waals surface area contributed by atoms with Crippen LogP contribution in [0.1, 0.15) is 6.92 Å². The molecule has 0 bridgehead atoms. The number of hydrogen-bond donors (Lipinski definition) is 1. The Kier molecular flexibility index (Phi) is 3.35. The Bertz CT molecular complexity index is 612. The van der Waals surface area contributed by atoms with E-state index in [1.54, 1.807) is 6.20 Å². The Hall–Kier alpha value is -1.11. The van der Waals surface area contributed by atoms with Crippen LogP contribution in [0.5, 0.6) is 0 Å². The first-order valence-electron chi connectivity index (χ1n) is 5.90. The van der Waals surface area contributed by atoms with Gasteiger partial charge in [-0.3, -0.25) is 0 Å². The molecule has 0 spiro atoms. The number of fused-ring (bicyclic) bond motifs is 1. The van der Waals surface area contributed by atoms with E-state index in [4.69, 9.17) is 0 Å². The van der Waals surface area contributed by atoms with Gasteiger partial charge in [0.2, 0.25) is 0 Å². The van der Waals surface area contributed by atoms with E-state index in [9.17, 15) is 4.79 Å². The van der Waals surface area contributed by atoms with Crippen LogP contribution in [0.15, 0.2) is 12.3 Å². The van der Waals surface area contributed by atoms with Gasteiger partial charge in [-0.1, -0.05) is 0 Å². The van der Waals surface area contributed by atoms with Crippen molar-refractivity contribution in [3.63, 3.8) is 0 Å². The molecule has 0 aliphatic carbocycles. The topological polar surface area (TPSA) is 59.8 Å². The van der Waals surface area contributed by atoms with Gasteiger partial charge in [0.15, 0.2) is 0 Å². The van der Waals surface area contributed by atoms with Gasteiger partial charge in [-0.25, -0.2) is 0 Å². The van der Waals surface area contributed by atoms with Gasteiger partial charge in [-0.2, -0.15) is 0 Å². The Morgan fingerprint density at radius 1 is 1.39 bits per heavy atom. The third-order valence-electron chi connectivity index (χ3n) is 2.75. The number of nitrogens with one attached hydrogen (secondary N) is 1. The van der Waals surface area contributed by atoms with Gasteiger partial charge >= 0.3 is 111 Å². The molecule has 5 nitrogen and oxygen atoms in total. The number of anilines is 1. The fourth-order valence-corrected chi connectivity index (χ4v) is 6.12. The van der Waals surface area contributed by atoms with Crippen LogP contribution in [0.3, 0.4) is 0 Å². The first-order valence-corrected chi connectivity index (χ1v) is 15.9. The van der Waals surface area contributed by atoms with E-state index >= 15 is 0 Å². The molecule has 1 N–H and O–H groups in total. The van der Waals surface area contributed by atoms with Crippen molar-refractivity contribution in [2.75, 3.05) is 5.32 Å². The number of hydrogen-bond acceptors (Lipinski definition) is 3. The van der Waals surface area contributed by atoms with Crippen molar-refractivity contribution in [1.82, 2.24) is 14.8 Å². The molecule has 0 saturated heterocycles. The number of amides is 1. The predicted octanol–water partition coefficient (Wildman–Crippen LogP) is 1.47. The second-order valence-corrected chi connectivity index (χ2v) is 19.7. The number of aryl methyl sites for hydroxylation is 1. The number of nitrogens with zero attached hydrogens (tertiary/aromatic N) is 3. The van der Waals surface area contributed by atoms with Crippen LogP contribution in [0.2, 0.25) is 14.8 Å². The van der Waals surface area contributed by atoms with Crippen LogP contribution < -0.4 is 9.03 Å². The summed E-state index contributed by atoms with van der Waals surface area (Å²) >= 11 is -2.26. The van der Waals surface area contributed by atoms with Crippen molar-refractivity contribution in [2.24, 2.45) is 7.05 Å². The van der Waals surface area contributed by atoms with E-state index in [2.05, 4.69) is 30.2 Å². The first kappa shape index (κ1) is 13.3. The monoisotopic (exact) mass is 354 g/mol. The molecule has 0 unspecified atom stereocenters. The molecule has 0 aliphatic rings. The van der Waals surface area contributed by atoms with Crippen molar-refractivity contribution in [3.05, 3.63) is 12.3 Å². The summed E-state index contributed by atoms with van der Waals surface area (Å²) in [6, 6.07) is 1.93. The molecule has 2 aromatic heterocycles. The van der Waals surface area contributed by atoms with Gasteiger partial charge in [-0.05, 0) is 0 Å². The second-order valence-electron chi connectivity index (χ2n) is 5.49. The summed E-state index contributed by atoms with van der Waals surface area (Å²) < 4.78 is 3.09. The number of carbonyl (C=O) groups excluding carboxylic acids is 1. The van der Waals surface area contributed by atoms with E-state index in [0.29, 0.717) is 5.82 Å². The normalized spacial score (nSPS) is 11.8. The van der Waals surface area contributed by atoms with Crippen molar-refractivity contribution in [1.29, 1.82) is 0 Å². The van der Waals surface area contributed by atoms with Crippen LogP contribution in [-0.4, -0.2) is 39.0 Å². The third kappa shape index (κ3) is 2.50. The summed E-state index contributed by atoms with van der Waals surface area (Å²) in [6.07, 6.45) is 1.77. The standard InChI is InChI=1S/C9H9N4O.3CH3.Sn/c1-6(14)12-9-3-7-4-11-13(2)8(7)5-10-9;;;;/h3,5H,1-2H3,(H,10,12,14);3*1H3;. The van der Waals surface area contributed by atoms with Crippen molar-refractivity contribution in [2.45, 2.75) is 21.7 Å². The molecule has 0 aliphatic heterocycles. The molecule has 0 aromatic carbocycles. The number of rotatable bonds is 2. The van der Waals surface area contributed by atoms with Crippen LogP contribution in [-0.2, 0) is 11.8 Å². The van der Waals surface area contributed by atoms with Gasteiger partial charge in [-0.15, -0.1) is 0 Å². The second kappa shape index (κ2) is 4.53. The van der Waals surface area contributed by atoms with E-state index in [0.717, 1.165) is 10.9 Å². The molecule has 2 heterocycles. The van der Waals surface area contributed by atoms with Crippen molar-refractivity contribution in [3.8, 4) is 0 Å². The molecule has 2 rings (SSSR count). The zero-order chi connectivity index (χ0) is 13.5. The minimum absolute atomic E-state index is 0.105. The summed E-state index contributed by atoms with van der Waals surface area (Å²) in [5, 5.41) is 8.48. The van der Waals surface area contributed by atoms with Crippen molar-refractivity contribution < 1.29 is 4.79 Å². The summed E-state index contributed by atoms with van der Waals surface area (Å²) in [4.78, 5) is 22.3. The van der Waals surface area contributed by atoms with E-state index in [1.807, 2.05) is 17.8 Å². The van der Waals surface area contributed by atoms with Gasteiger partial charge in [0.25, 0.3) is 0 Å². The molecular formula is C12H18N4OSn. The number of carbonyl (C=O) groups is 1. The molecular weight excluding hydrogens is 335 g/mol. The van der Waals surface area contributed by atoms with Crippen LogP contribution in [0.4, 0.5) is 5.82 Å². The van der Waals surface area contributed by atoms with Gasteiger partial charge in [0.05, 0.1) is 0 Å². The molecule has 2 aromatic rings. The molecule has 1 amide bonds. The first-order chi connectivity index (χ1) is 8.29. The average Bonchev–Trinajstić information content (AvgIpc) is 2.54. The molecule has 18 heavy (non-hydrogen) atoms. The average molecular weight is 353 g/mol. The van der Waals surface area contributed by atoms with E-state index in [1.165, 1.54) is 10.6 Å². The minimum atomic E-state index is -2.26. The SMILES string of the molecule is CC(=O)Nc1cc2[c]([Sn]([CH3])([CH3])[CH3])nn(C)c2cn1. The summed E-state index contributed by atoms with van der Waals surface area (Å²) in [5.74, 6) is 0.492. The maximum atomic E-state index is 11.1. The number of aromatic nitrogens is 3. The van der Waals surface area contributed by atoms with Gasteiger partial charge in [0.1, 0.15) is 0 Å². The third-order valence-corrected chi connectivity index (χ3v) is 7.86. The van der Waals surface area contributed by atoms with Crippen LogP contribution in [0, 0.1) is 0 Å².